The van der Waals surface area contributed by atoms with Crippen LogP contribution < -0.4 is 0 Å². The summed E-state index contributed by atoms with van der Waals surface area (Å²) in [5.41, 5.74) is 0.213. The van der Waals surface area contributed by atoms with Crippen LogP contribution in [0, 0.1) is 11.3 Å². The van der Waals surface area contributed by atoms with Gasteiger partial charge in [0.15, 0.2) is 0 Å². The van der Waals surface area contributed by atoms with Crippen molar-refractivity contribution in [2.45, 2.75) is 44.4 Å². The fourth-order valence-corrected chi connectivity index (χ4v) is 5.15. The molecule has 3 amide bonds. The van der Waals surface area contributed by atoms with Crippen LogP contribution in [0.25, 0.3) is 0 Å². The van der Waals surface area contributed by atoms with Crippen molar-refractivity contribution in [1.29, 1.82) is 0 Å². The normalized spacial score (nSPS) is 26.1. The second kappa shape index (κ2) is 6.53. The fraction of sp³-hybridized carbons (Fsp3) is 0.571. The molecular formula is C21H26N2O3. The third-order valence-corrected chi connectivity index (χ3v) is 6.67. The van der Waals surface area contributed by atoms with Gasteiger partial charge in [0.05, 0.1) is 11.3 Å². The number of rotatable bonds is 2. The van der Waals surface area contributed by atoms with Gasteiger partial charge >= 0.3 is 0 Å². The number of piperidine rings is 1. The van der Waals surface area contributed by atoms with Gasteiger partial charge in [0.25, 0.3) is 0 Å². The lowest BCUT2D eigenvalue weighted by Gasteiger charge is -2.41. The van der Waals surface area contributed by atoms with E-state index in [-0.39, 0.29) is 23.6 Å². The zero-order chi connectivity index (χ0) is 18.3. The van der Waals surface area contributed by atoms with E-state index in [0.29, 0.717) is 25.9 Å². The van der Waals surface area contributed by atoms with Gasteiger partial charge in [0.2, 0.25) is 17.7 Å². The summed E-state index contributed by atoms with van der Waals surface area (Å²) < 4.78 is 0. The van der Waals surface area contributed by atoms with Gasteiger partial charge in [-0.25, -0.2) is 0 Å². The second-order valence-electron chi connectivity index (χ2n) is 8.01. The summed E-state index contributed by atoms with van der Waals surface area (Å²) in [6.45, 7) is 1.15. The first-order valence-electron chi connectivity index (χ1n) is 9.70. The highest BCUT2D eigenvalue weighted by molar-refractivity contribution is 6.09. The Bertz CT molecular complexity index is 716. The van der Waals surface area contributed by atoms with Gasteiger partial charge in [-0.3, -0.25) is 19.3 Å². The molecule has 5 heteroatoms. The monoisotopic (exact) mass is 354 g/mol. The summed E-state index contributed by atoms with van der Waals surface area (Å²) in [5.74, 6) is -0.206. The standard InChI is InChI=1S/C21H26N2O3/c1-22-19(25)17(15-7-3-2-4-8-15)21(20(22)26)11-13-23(14-12-21)18(24)16-9-5-6-10-16/h2-4,7-8,16-17H,5-6,9-14H2,1H3. The van der Waals surface area contributed by atoms with E-state index in [9.17, 15) is 14.4 Å². The molecule has 2 aliphatic heterocycles. The summed E-state index contributed by atoms with van der Waals surface area (Å²) >= 11 is 0. The lowest BCUT2D eigenvalue weighted by molar-refractivity contribution is -0.145. The van der Waals surface area contributed by atoms with E-state index in [0.717, 1.165) is 31.2 Å². The topological polar surface area (TPSA) is 57.7 Å². The van der Waals surface area contributed by atoms with E-state index in [1.165, 1.54) is 4.90 Å². The Balaban J connectivity index is 1.57. The Morgan fingerprint density at radius 2 is 1.65 bits per heavy atom. The molecule has 1 saturated carbocycles. The van der Waals surface area contributed by atoms with Crippen molar-refractivity contribution in [1.82, 2.24) is 9.80 Å². The van der Waals surface area contributed by atoms with E-state index in [1.54, 1.807) is 7.05 Å². The summed E-state index contributed by atoms with van der Waals surface area (Å²) in [6.07, 6.45) is 5.41. The Labute approximate surface area is 154 Å². The van der Waals surface area contributed by atoms with E-state index < -0.39 is 11.3 Å². The minimum atomic E-state index is -0.695. The van der Waals surface area contributed by atoms with Crippen LogP contribution in [0.4, 0.5) is 0 Å². The molecule has 1 aromatic carbocycles. The molecule has 4 rings (SSSR count). The molecule has 3 aliphatic rings. The van der Waals surface area contributed by atoms with Crippen molar-refractivity contribution in [3.8, 4) is 0 Å². The minimum Gasteiger partial charge on any atom is -0.342 e. The molecule has 0 bridgehead atoms. The Hall–Kier alpha value is -2.17. The van der Waals surface area contributed by atoms with Gasteiger partial charge in [0.1, 0.15) is 0 Å². The van der Waals surface area contributed by atoms with Gasteiger partial charge in [-0.15, -0.1) is 0 Å². The van der Waals surface area contributed by atoms with Gasteiger partial charge in [-0.2, -0.15) is 0 Å². The molecule has 2 saturated heterocycles. The molecule has 1 aliphatic carbocycles. The Morgan fingerprint density at radius 1 is 1.04 bits per heavy atom. The molecule has 1 aromatic rings. The van der Waals surface area contributed by atoms with Crippen LogP contribution in [-0.4, -0.2) is 47.7 Å². The molecule has 2 heterocycles. The smallest absolute Gasteiger partial charge is 0.237 e. The first-order chi connectivity index (χ1) is 12.5. The third-order valence-electron chi connectivity index (χ3n) is 6.67. The fourth-order valence-electron chi connectivity index (χ4n) is 5.15. The highest BCUT2D eigenvalue weighted by Gasteiger charge is 2.59. The summed E-state index contributed by atoms with van der Waals surface area (Å²) in [5, 5.41) is 0. The zero-order valence-electron chi connectivity index (χ0n) is 15.3. The van der Waals surface area contributed by atoms with Crippen molar-refractivity contribution in [2.75, 3.05) is 20.1 Å². The maximum Gasteiger partial charge on any atom is 0.237 e. The van der Waals surface area contributed by atoms with Crippen molar-refractivity contribution < 1.29 is 14.4 Å². The number of amides is 3. The number of hydrogen-bond acceptors (Lipinski definition) is 3. The quantitative estimate of drug-likeness (QED) is 0.767. The van der Waals surface area contributed by atoms with Gasteiger partial charge in [0, 0.05) is 26.1 Å². The number of carbonyl (C=O) groups excluding carboxylic acids is 3. The Kier molecular flexibility index (Phi) is 4.33. The maximum atomic E-state index is 13.0. The number of nitrogens with zero attached hydrogens (tertiary/aromatic N) is 2. The first kappa shape index (κ1) is 17.3. The molecule has 0 N–H and O–H groups in total. The maximum absolute atomic E-state index is 13.0. The molecular weight excluding hydrogens is 328 g/mol. The van der Waals surface area contributed by atoms with Crippen LogP contribution in [-0.2, 0) is 14.4 Å². The third kappa shape index (κ3) is 2.56. The predicted octanol–water partition coefficient (Wildman–Crippen LogP) is 2.57. The lowest BCUT2D eigenvalue weighted by atomic mass is 9.67. The first-order valence-corrected chi connectivity index (χ1v) is 9.70. The minimum absolute atomic E-state index is 0.0793. The second-order valence-corrected chi connectivity index (χ2v) is 8.01. The van der Waals surface area contributed by atoms with E-state index in [4.69, 9.17) is 0 Å². The zero-order valence-corrected chi connectivity index (χ0v) is 15.3. The molecule has 1 unspecified atom stereocenters. The molecule has 0 radical (unpaired) electrons. The average molecular weight is 354 g/mol. The summed E-state index contributed by atoms with van der Waals surface area (Å²) in [7, 11) is 1.59. The van der Waals surface area contributed by atoms with E-state index in [2.05, 4.69) is 0 Å². The molecule has 0 aromatic heterocycles. The van der Waals surface area contributed by atoms with Crippen LogP contribution in [0.2, 0.25) is 0 Å². The lowest BCUT2D eigenvalue weighted by Crippen LogP contribution is -2.49. The SMILES string of the molecule is CN1C(=O)C(c2ccccc2)C2(CCN(C(=O)C3CCCC3)CC2)C1=O. The van der Waals surface area contributed by atoms with Crippen LogP contribution in [0.3, 0.4) is 0 Å². The number of likely N-dealkylation sites (tertiary alicyclic amines) is 2. The molecule has 26 heavy (non-hydrogen) atoms. The van der Waals surface area contributed by atoms with E-state index in [1.807, 2.05) is 35.2 Å². The van der Waals surface area contributed by atoms with Gasteiger partial charge in [-0.05, 0) is 31.2 Å². The summed E-state index contributed by atoms with van der Waals surface area (Å²) in [6, 6.07) is 9.62. The van der Waals surface area contributed by atoms with Gasteiger partial charge in [-0.1, -0.05) is 43.2 Å². The highest BCUT2D eigenvalue weighted by atomic mass is 16.2. The average Bonchev–Trinajstić information content (AvgIpc) is 3.27. The predicted molar refractivity (Wildman–Crippen MR) is 97.2 cm³/mol. The largest absolute Gasteiger partial charge is 0.342 e. The van der Waals surface area contributed by atoms with Crippen molar-refractivity contribution in [2.24, 2.45) is 11.3 Å². The van der Waals surface area contributed by atoms with Crippen LogP contribution in [0.15, 0.2) is 30.3 Å². The van der Waals surface area contributed by atoms with Crippen LogP contribution in [0.1, 0.15) is 50.0 Å². The van der Waals surface area contributed by atoms with E-state index >= 15 is 0 Å². The molecule has 1 atom stereocenters. The Morgan fingerprint density at radius 3 is 2.27 bits per heavy atom. The van der Waals surface area contributed by atoms with Crippen LogP contribution in [0.5, 0.6) is 0 Å². The number of hydrogen-bond donors (Lipinski definition) is 0. The molecule has 3 fully saturated rings. The molecule has 5 nitrogen and oxygen atoms in total. The number of imide groups is 1. The number of likely N-dealkylation sites (N-methyl/N-ethyl adjacent to an activating group) is 1. The van der Waals surface area contributed by atoms with Crippen molar-refractivity contribution in [3.63, 3.8) is 0 Å². The molecule has 1 spiro atoms. The van der Waals surface area contributed by atoms with Crippen LogP contribution >= 0.6 is 0 Å². The highest BCUT2D eigenvalue weighted by Crippen LogP contribution is 2.51. The van der Waals surface area contributed by atoms with Crippen molar-refractivity contribution in [3.05, 3.63) is 35.9 Å². The van der Waals surface area contributed by atoms with Crippen molar-refractivity contribution >= 4 is 17.7 Å². The molecule has 138 valence electrons. The number of benzene rings is 1. The van der Waals surface area contributed by atoms with Gasteiger partial charge < -0.3 is 4.90 Å². The summed E-state index contributed by atoms with van der Waals surface area (Å²) in [4.78, 5) is 41.8. The number of carbonyl (C=O) groups is 3.